The van der Waals surface area contributed by atoms with E-state index in [0.717, 1.165) is 0 Å². The lowest BCUT2D eigenvalue weighted by atomic mass is 9.86. The van der Waals surface area contributed by atoms with E-state index in [1.54, 1.807) is 6.20 Å². The van der Waals surface area contributed by atoms with E-state index in [1.165, 1.54) is 10.2 Å². The molecule has 0 aliphatic carbocycles. The third kappa shape index (κ3) is 3.30. The Morgan fingerprint density at radius 1 is 1.25 bits per heavy atom. The van der Waals surface area contributed by atoms with Crippen LogP contribution in [0.3, 0.4) is 0 Å². The monoisotopic (exact) mass is 272 g/mol. The van der Waals surface area contributed by atoms with Gasteiger partial charge in [0.25, 0.3) is 0 Å². The Kier molecular flexibility index (Phi) is 3.99. The zero-order valence-corrected chi connectivity index (χ0v) is 12.1. The number of Topliss-reactive ketones (excluding diaryl/α,β-unsaturated/α-hetero) is 1. The normalized spacial score (nSPS) is 11.6. The van der Waals surface area contributed by atoms with Crippen LogP contribution in [-0.2, 0) is 18.5 Å². The zero-order valence-electron chi connectivity index (χ0n) is 12.1. The van der Waals surface area contributed by atoms with Gasteiger partial charge in [0.15, 0.2) is 5.78 Å². The predicted molar refractivity (Wildman–Crippen MR) is 77.4 cm³/mol. The van der Waals surface area contributed by atoms with Crippen molar-refractivity contribution >= 4 is 5.78 Å². The van der Waals surface area contributed by atoms with Crippen LogP contribution in [0.1, 0.15) is 42.4 Å². The molecule has 2 N–H and O–H groups in total. The summed E-state index contributed by atoms with van der Waals surface area (Å²) in [6.45, 7) is 6.95. The molecule has 0 atom stereocenters. The molecule has 20 heavy (non-hydrogen) atoms. The molecular weight excluding hydrogens is 252 g/mol. The molecule has 0 fully saturated rings. The Morgan fingerprint density at radius 3 is 2.40 bits per heavy atom. The molecule has 2 aromatic rings. The molecule has 1 aromatic heterocycles. The molecule has 5 nitrogen and oxygen atoms in total. The van der Waals surface area contributed by atoms with E-state index < -0.39 is 0 Å². The van der Waals surface area contributed by atoms with Gasteiger partial charge in [-0.15, -0.1) is 5.10 Å². The van der Waals surface area contributed by atoms with Gasteiger partial charge in [0.05, 0.1) is 11.9 Å². The van der Waals surface area contributed by atoms with E-state index in [-0.39, 0.29) is 17.7 Å². The molecule has 2 rings (SSSR count). The molecule has 0 saturated carbocycles. The maximum absolute atomic E-state index is 12.2. The topological polar surface area (TPSA) is 73.8 Å². The first-order valence-electron chi connectivity index (χ1n) is 6.63. The number of benzene rings is 1. The summed E-state index contributed by atoms with van der Waals surface area (Å²) in [6.07, 6.45) is 1.70. The molecule has 0 radical (unpaired) electrons. The number of hydrogen-bond donors (Lipinski definition) is 1. The maximum Gasteiger partial charge on any atom is 0.184 e. The minimum Gasteiger partial charge on any atom is -0.325 e. The predicted octanol–water partition coefficient (Wildman–Crippen LogP) is 1.92. The number of hydrogen-bond acceptors (Lipinski definition) is 4. The zero-order chi connectivity index (χ0) is 14.8. The highest BCUT2D eigenvalue weighted by molar-refractivity contribution is 5.95. The molecule has 0 amide bonds. The molecule has 0 bridgehead atoms. The quantitative estimate of drug-likeness (QED) is 0.863. The average molecular weight is 272 g/mol. The Balaban J connectivity index is 2.09. The minimum atomic E-state index is 0.0129. The van der Waals surface area contributed by atoms with Crippen LogP contribution in [-0.4, -0.2) is 20.8 Å². The number of carbonyl (C=O) groups is 1. The molecule has 0 aliphatic heterocycles. The van der Waals surface area contributed by atoms with Crippen LogP contribution in [0, 0.1) is 0 Å². The summed E-state index contributed by atoms with van der Waals surface area (Å²) < 4.78 is 1.52. The van der Waals surface area contributed by atoms with Crippen LogP contribution < -0.4 is 5.73 Å². The molecule has 5 heteroatoms. The molecule has 0 spiro atoms. The Hall–Kier alpha value is -2.01. The Bertz CT molecular complexity index is 593. The van der Waals surface area contributed by atoms with E-state index in [4.69, 9.17) is 5.73 Å². The summed E-state index contributed by atoms with van der Waals surface area (Å²) >= 11 is 0. The smallest absolute Gasteiger partial charge is 0.184 e. The van der Waals surface area contributed by atoms with Crippen molar-refractivity contribution in [2.45, 2.75) is 39.3 Å². The van der Waals surface area contributed by atoms with Crippen molar-refractivity contribution in [2.24, 2.45) is 5.73 Å². The van der Waals surface area contributed by atoms with E-state index in [2.05, 4.69) is 31.1 Å². The van der Waals surface area contributed by atoms with Gasteiger partial charge in [-0.25, -0.2) is 4.68 Å². The first-order chi connectivity index (χ1) is 9.40. The molecular formula is C15H20N4O. The van der Waals surface area contributed by atoms with Crippen molar-refractivity contribution in [1.29, 1.82) is 0 Å². The molecule has 1 heterocycles. The Morgan fingerprint density at radius 2 is 1.90 bits per heavy atom. The van der Waals surface area contributed by atoms with Crippen LogP contribution in [0.4, 0.5) is 0 Å². The summed E-state index contributed by atoms with van der Waals surface area (Å²) in [5.41, 5.74) is 8.12. The summed E-state index contributed by atoms with van der Waals surface area (Å²) in [6, 6.07) is 7.73. The second kappa shape index (κ2) is 5.54. The second-order valence-corrected chi connectivity index (χ2v) is 5.86. The van der Waals surface area contributed by atoms with Gasteiger partial charge in [0.2, 0.25) is 0 Å². The van der Waals surface area contributed by atoms with Gasteiger partial charge in [-0.2, -0.15) is 0 Å². The first-order valence-corrected chi connectivity index (χ1v) is 6.63. The number of aromatic nitrogens is 3. The molecule has 0 unspecified atom stereocenters. The van der Waals surface area contributed by atoms with Crippen molar-refractivity contribution in [1.82, 2.24) is 15.0 Å². The maximum atomic E-state index is 12.2. The highest BCUT2D eigenvalue weighted by Crippen LogP contribution is 2.22. The number of nitrogens with zero attached hydrogens (tertiary/aromatic N) is 3. The first kappa shape index (κ1) is 14.4. The molecule has 0 aliphatic rings. The van der Waals surface area contributed by atoms with Crippen LogP contribution in [0.5, 0.6) is 0 Å². The summed E-state index contributed by atoms with van der Waals surface area (Å²) in [5.74, 6) is 0.0129. The van der Waals surface area contributed by atoms with Crippen LogP contribution in [0.25, 0.3) is 0 Å². The summed E-state index contributed by atoms with van der Waals surface area (Å²) in [4.78, 5) is 12.2. The third-order valence-electron chi connectivity index (χ3n) is 3.17. The van der Waals surface area contributed by atoms with Gasteiger partial charge in [-0.1, -0.05) is 50.3 Å². The van der Waals surface area contributed by atoms with Crippen molar-refractivity contribution in [3.05, 3.63) is 47.3 Å². The standard InChI is InChI=1S/C15H20N4O/c1-15(2,3)12-6-4-11(5-7-12)14(20)10-19-9-13(8-16)17-18-19/h4-7,9H,8,10,16H2,1-3H3. The van der Waals surface area contributed by atoms with Crippen LogP contribution in [0.2, 0.25) is 0 Å². The molecule has 1 aromatic carbocycles. The highest BCUT2D eigenvalue weighted by Gasteiger charge is 2.14. The molecule has 106 valence electrons. The van der Waals surface area contributed by atoms with Gasteiger partial charge in [0, 0.05) is 12.1 Å². The number of ketones is 1. The molecule has 0 saturated heterocycles. The summed E-state index contributed by atoms with van der Waals surface area (Å²) in [5, 5.41) is 7.74. The lowest BCUT2D eigenvalue weighted by molar-refractivity contribution is 0.0967. The van der Waals surface area contributed by atoms with Gasteiger partial charge >= 0.3 is 0 Å². The third-order valence-corrected chi connectivity index (χ3v) is 3.17. The Labute approximate surface area is 118 Å². The summed E-state index contributed by atoms with van der Waals surface area (Å²) in [7, 11) is 0. The van der Waals surface area contributed by atoms with Gasteiger partial charge in [-0.05, 0) is 11.0 Å². The minimum absolute atomic E-state index is 0.0129. The average Bonchev–Trinajstić information content (AvgIpc) is 2.85. The van der Waals surface area contributed by atoms with E-state index >= 15 is 0 Å². The fraction of sp³-hybridized carbons (Fsp3) is 0.400. The fourth-order valence-corrected chi connectivity index (χ4v) is 1.90. The second-order valence-electron chi connectivity index (χ2n) is 5.86. The number of carbonyl (C=O) groups excluding carboxylic acids is 1. The van der Waals surface area contributed by atoms with Crippen LogP contribution >= 0.6 is 0 Å². The van der Waals surface area contributed by atoms with Crippen molar-refractivity contribution in [3.63, 3.8) is 0 Å². The lowest BCUT2D eigenvalue weighted by Gasteiger charge is -2.18. The lowest BCUT2D eigenvalue weighted by Crippen LogP contribution is -2.13. The van der Waals surface area contributed by atoms with Gasteiger partial charge in [0.1, 0.15) is 6.54 Å². The SMILES string of the molecule is CC(C)(C)c1ccc(C(=O)Cn2cc(CN)nn2)cc1. The number of rotatable bonds is 4. The van der Waals surface area contributed by atoms with E-state index in [0.29, 0.717) is 17.8 Å². The fourth-order valence-electron chi connectivity index (χ4n) is 1.90. The van der Waals surface area contributed by atoms with E-state index in [1.807, 2.05) is 24.3 Å². The van der Waals surface area contributed by atoms with Crippen molar-refractivity contribution in [3.8, 4) is 0 Å². The highest BCUT2D eigenvalue weighted by atomic mass is 16.1. The van der Waals surface area contributed by atoms with E-state index in [9.17, 15) is 4.79 Å². The largest absolute Gasteiger partial charge is 0.325 e. The van der Waals surface area contributed by atoms with Crippen molar-refractivity contribution < 1.29 is 4.79 Å². The van der Waals surface area contributed by atoms with Gasteiger partial charge in [-0.3, -0.25) is 4.79 Å². The van der Waals surface area contributed by atoms with Crippen molar-refractivity contribution in [2.75, 3.05) is 0 Å². The van der Waals surface area contributed by atoms with Gasteiger partial charge < -0.3 is 5.73 Å². The number of nitrogens with two attached hydrogens (primary N) is 1. The van der Waals surface area contributed by atoms with Crippen LogP contribution in [0.15, 0.2) is 30.5 Å².